The number of nitrogens with zero attached hydrogens (tertiary/aromatic N) is 2. The first-order chi connectivity index (χ1) is 34.1. The number of nitrogens with one attached hydrogen (secondary N) is 1. The number of carbonyl (C=O) groups excluding carboxylic acids is 3. The Morgan fingerprint density at radius 1 is 0.653 bits per heavy atom. The lowest BCUT2D eigenvalue weighted by Crippen LogP contribution is -2.48. The largest absolute Gasteiger partial charge is 0.487 e. The first-order valence-corrected chi connectivity index (χ1v) is 26.0. The fourth-order valence-electron chi connectivity index (χ4n) is 8.32. The molecule has 4 fully saturated rings. The Morgan fingerprint density at radius 3 is 1.54 bits per heavy atom. The molecule has 1 amide bonds. The lowest BCUT2D eigenvalue weighted by molar-refractivity contribution is -0.131. The van der Waals surface area contributed by atoms with E-state index in [1.165, 1.54) is 42.4 Å². The van der Waals surface area contributed by atoms with Gasteiger partial charge < -0.3 is 45.6 Å². The number of thiophene rings is 2. The highest BCUT2D eigenvalue weighted by molar-refractivity contribution is 7.59. The number of amides is 1. The van der Waals surface area contributed by atoms with Gasteiger partial charge in [0.15, 0.2) is 23.1 Å². The normalized spacial score (nSPS) is 17.4. The molecule has 0 unspecified atom stereocenters. The van der Waals surface area contributed by atoms with Crippen LogP contribution in [0.1, 0.15) is 94.0 Å². The molecule has 0 bridgehead atoms. The Labute approximate surface area is 440 Å². The third kappa shape index (κ3) is 14.7. The minimum absolute atomic E-state index is 0. The number of carboxylic acid groups (broad SMARTS) is 1. The molecule has 6 N–H and O–H groups in total. The molecule has 20 heteroatoms. The van der Waals surface area contributed by atoms with E-state index in [2.05, 4.69) is 15.1 Å². The van der Waals surface area contributed by atoms with Crippen molar-refractivity contribution < 1.29 is 52.8 Å². The molecule has 6 aromatic rings. The molecule has 2 aliphatic heterocycles. The average molecular weight is 1090 g/mol. The van der Waals surface area contributed by atoms with Gasteiger partial charge >= 0.3 is 5.97 Å². The molecule has 4 atom stereocenters. The SMILES string of the molecule is N[C@H](CN1CCCC1)[C@H](O)c1ccc(OC2CC2)c(F)c1.O=C(N[C@H](CN1CCCC1)[C@H](O)c1ccc(OC2CC2)c(F)c1)C(=O)c1cc2ccc(Cl)cc2s1.O=C(O)C(=O)c1cc2ccc(Cl)cc2s1.S. The van der Waals surface area contributed by atoms with Crippen LogP contribution in [0.25, 0.3) is 20.2 Å². The maximum atomic E-state index is 14.6. The summed E-state index contributed by atoms with van der Waals surface area (Å²) in [6.45, 7) is 4.73. The third-order valence-electron chi connectivity index (χ3n) is 12.5. The van der Waals surface area contributed by atoms with Gasteiger partial charge in [-0.25, -0.2) is 13.6 Å². The quantitative estimate of drug-likeness (QED) is 0.0430. The van der Waals surface area contributed by atoms with Crippen LogP contribution in [0, 0.1) is 11.6 Å². The lowest BCUT2D eigenvalue weighted by atomic mass is 10.0. The van der Waals surface area contributed by atoms with Gasteiger partial charge in [0.1, 0.15) is 6.10 Å². The zero-order chi connectivity index (χ0) is 50.3. The van der Waals surface area contributed by atoms with E-state index in [9.17, 15) is 38.2 Å². The molecule has 4 aromatic carbocycles. The van der Waals surface area contributed by atoms with Crippen molar-refractivity contribution in [2.75, 3.05) is 39.3 Å². The summed E-state index contributed by atoms with van der Waals surface area (Å²) in [7, 11) is 0. The van der Waals surface area contributed by atoms with Crippen LogP contribution in [0.2, 0.25) is 10.0 Å². The standard InChI is InChI=1S/C26H26ClFN2O4S.C16H23FN2O2.C10H5ClO3S.H2S/c27-17-5-3-15-12-23(35-22(15)13-17)25(32)26(33)29-20(14-30-9-1-2-10-30)24(31)16-4-8-21(19(28)11-16)34-18-6-7-18;17-13-9-11(3-6-15(13)21-12-4-5-12)16(20)14(18)10-19-7-1-2-8-19;11-6-2-1-5-3-8(9(12)10(13)14)15-7(5)4-6;/h3-5,8,11-13,18,20,24,31H,1-2,6-7,9-10,14H2,(H,29,33);3,6,9,12,14,16,20H,1-2,4-5,7-8,10,18H2;1-4H,(H,13,14);1H2/t20-,24-;14-,16-;;/m11../s1. The second-order valence-corrected chi connectivity index (χ2v) is 21.3. The molecule has 0 radical (unpaired) electrons. The number of ketones is 2. The number of aliphatic hydroxyl groups excluding tert-OH is 2. The van der Waals surface area contributed by atoms with Crippen LogP contribution in [0.3, 0.4) is 0 Å². The minimum Gasteiger partial charge on any atom is -0.487 e. The van der Waals surface area contributed by atoms with E-state index in [1.54, 1.807) is 66.7 Å². The summed E-state index contributed by atoms with van der Waals surface area (Å²) in [5, 5.41) is 35.5. The van der Waals surface area contributed by atoms with Gasteiger partial charge in [-0.1, -0.05) is 47.5 Å². The number of benzene rings is 4. The van der Waals surface area contributed by atoms with Crippen LogP contribution < -0.4 is 20.5 Å². The summed E-state index contributed by atoms with van der Waals surface area (Å²) in [6.07, 6.45) is 6.40. The van der Waals surface area contributed by atoms with Crippen LogP contribution in [-0.2, 0) is 9.59 Å². The van der Waals surface area contributed by atoms with Crippen molar-refractivity contribution in [2.24, 2.45) is 5.73 Å². The Balaban J connectivity index is 0.000000174. The van der Waals surface area contributed by atoms with Gasteiger partial charge in [-0.3, -0.25) is 14.4 Å². The van der Waals surface area contributed by atoms with E-state index in [0.29, 0.717) is 39.1 Å². The average Bonchev–Trinajstić information content (AvgIpc) is 4.04. The van der Waals surface area contributed by atoms with Gasteiger partial charge in [0.25, 0.3) is 17.5 Å². The van der Waals surface area contributed by atoms with Gasteiger partial charge in [0.2, 0.25) is 0 Å². The van der Waals surface area contributed by atoms with Crippen LogP contribution in [-0.4, -0.2) is 112 Å². The van der Waals surface area contributed by atoms with Crippen molar-refractivity contribution in [1.82, 2.24) is 15.1 Å². The lowest BCUT2D eigenvalue weighted by Gasteiger charge is -2.28. The zero-order valence-electron chi connectivity index (χ0n) is 39.0. The highest BCUT2D eigenvalue weighted by Crippen LogP contribution is 2.34. The van der Waals surface area contributed by atoms with Gasteiger partial charge in [-0.2, -0.15) is 13.5 Å². The van der Waals surface area contributed by atoms with Crippen molar-refractivity contribution in [3.05, 3.63) is 127 Å². The summed E-state index contributed by atoms with van der Waals surface area (Å²) < 4.78 is 41.2. The molecule has 4 aliphatic rings. The summed E-state index contributed by atoms with van der Waals surface area (Å²) in [5.41, 5.74) is 6.90. The van der Waals surface area contributed by atoms with Crippen LogP contribution in [0.15, 0.2) is 84.9 Å². The summed E-state index contributed by atoms with van der Waals surface area (Å²) in [4.78, 5) is 52.4. The number of likely N-dealkylation sites (tertiary alicyclic amines) is 2. The van der Waals surface area contributed by atoms with E-state index in [-0.39, 0.29) is 42.1 Å². The molecule has 0 spiro atoms. The van der Waals surface area contributed by atoms with E-state index in [0.717, 1.165) is 96.2 Å². The van der Waals surface area contributed by atoms with E-state index in [1.807, 2.05) is 0 Å². The summed E-state index contributed by atoms with van der Waals surface area (Å²) in [5.74, 6) is -4.36. The van der Waals surface area contributed by atoms with Crippen molar-refractivity contribution in [3.8, 4) is 11.5 Å². The number of carboxylic acids is 1. The van der Waals surface area contributed by atoms with Gasteiger partial charge in [0.05, 0.1) is 34.1 Å². The van der Waals surface area contributed by atoms with E-state index in [4.69, 9.17) is 43.5 Å². The number of halogens is 4. The van der Waals surface area contributed by atoms with Crippen LogP contribution in [0.4, 0.5) is 8.78 Å². The number of Topliss-reactive ketones (excluding diaryl/α,β-unsaturated/α-hetero) is 2. The number of ether oxygens (including phenoxy) is 2. The highest BCUT2D eigenvalue weighted by Gasteiger charge is 2.32. The number of aliphatic carboxylic acids is 1. The van der Waals surface area contributed by atoms with Crippen molar-refractivity contribution in [3.63, 3.8) is 0 Å². The molecular formula is C52H56Cl2F2N4O9S3. The van der Waals surface area contributed by atoms with Crippen LogP contribution >= 0.6 is 59.4 Å². The van der Waals surface area contributed by atoms with Crippen molar-refractivity contribution >= 4 is 103 Å². The molecule has 384 valence electrons. The van der Waals surface area contributed by atoms with Gasteiger partial charge in [-0.15, -0.1) is 22.7 Å². The Bertz CT molecular complexity index is 2890. The molecule has 4 heterocycles. The van der Waals surface area contributed by atoms with E-state index < -0.39 is 59.4 Å². The molecule has 2 saturated carbocycles. The predicted octanol–water partition coefficient (Wildman–Crippen LogP) is 9.49. The summed E-state index contributed by atoms with van der Waals surface area (Å²) >= 11 is 14.1. The van der Waals surface area contributed by atoms with Crippen LogP contribution in [0.5, 0.6) is 11.5 Å². The number of aliphatic hydroxyl groups is 2. The zero-order valence-corrected chi connectivity index (χ0v) is 43.2. The fourth-order valence-corrected chi connectivity index (χ4v) is 10.9. The topological polar surface area (TPSA) is 192 Å². The Hall–Kier alpha value is -4.73. The molecular weight excluding hydrogens is 1030 g/mol. The maximum Gasteiger partial charge on any atom is 0.378 e. The molecule has 10 rings (SSSR count). The number of hydrogen-bond acceptors (Lipinski definition) is 13. The second-order valence-electron chi connectivity index (χ2n) is 18.2. The van der Waals surface area contributed by atoms with Gasteiger partial charge in [0, 0.05) is 38.6 Å². The monoisotopic (exact) mass is 1080 g/mol. The number of nitrogens with two attached hydrogens (primary N) is 1. The highest BCUT2D eigenvalue weighted by atomic mass is 35.5. The number of rotatable bonds is 17. The third-order valence-corrected chi connectivity index (χ3v) is 15.1. The summed E-state index contributed by atoms with van der Waals surface area (Å²) in [6, 6.07) is 21.5. The first kappa shape index (κ1) is 55.0. The molecule has 72 heavy (non-hydrogen) atoms. The Morgan fingerprint density at radius 2 is 1.10 bits per heavy atom. The molecule has 2 saturated heterocycles. The predicted molar refractivity (Wildman–Crippen MR) is 282 cm³/mol. The van der Waals surface area contributed by atoms with Crippen molar-refractivity contribution in [2.45, 2.75) is 87.9 Å². The van der Waals surface area contributed by atoms with E-state index >= 15 is 0 Å². The molecule has 2 aliphatic carbocycles. The molecule has 2 aromatic heterocycles. The van der Waals surface area contributed by atoms with Crippen molar-refractivity contribution in [1.29, 1.82) is 0 Å². The second kappa shape index (κ2) is 25.0. The smallest absolute Gasteiger partial charge is 0.378 e. The number of hydrogen-bond donors (Lipinski definition) is 5. The number of fused-ring (bicyclic) bond motifs is 2. The van der Waals surface area contributed by atoms with Gasteiger partial charge in [-0.05, 0) is 160 Å². The maximum absolute atomic E-state index is 14.6. The Kier molecular flexibility index (Phi) is 19.1. The number of carbonyl (C=O) groups is 4. The fraction of sp³-hybridized carbons (Fsp3) is 0.385. The minimum atomic E-state index is -1.44. The first-order valence-electron chi connectivity index (χ1n) is 23.6. The molecule has 13 nitrogen and oxygen atoms in total.